The predicted molar refractivity (Wildman–Crippen MR) is 103 cm³/mol. The van der Waals surface area contributed by atoms with Crippen LogP contribution >= 0.6 is 0 Å². The van der Waals surface area contributed by atoms with Crippen molar-refractivity contribution in [2.24, 2.45) is 0 Å². The molecule has 3 aromatic carbocycles. The number of para-hydroxylation sites is 2. The smallest absolute Gasteiger partial charge is 0.478 e. The van der Waals surface area contributed by atoms with E-state index in [1.807, 2.05) is 0 Å². The topological polar surface area (TPSA) is 111 Å². The average molecular weight is 393 g/mol. The van der Waals surface area contributed by atoms with Crippen molar-refractivity contribution in [1.82, 2.24) is 0 Å². The highest BCUT2D eigenvalue weighted by Gasteiger charge is 2.17. The summed E-state index contributed by atoms with van der Waals surface area (Å²) in [6.45, 7) is 0. The number of nitrogens with one attached hydrogen (secondary N) is 1. The molecular formula is C21H15NO7. The Labute approximate surface area is 165 Å². The molecule has 0 unspecified atom stereocenters. The van der Waals surface area contributed by atoms with Crippen LogP contribution < -0.4 is 19.5 Å². The van der Waals surface area contributed by atoms with Crippen molar-refractivity contribution in [2.45, 2.75) is 0 Å². The van der Waals surface area contributed by atoms with Crippen LogP contribution in [-0.2, 0) is 0 Å². The lowest BCUT2D eigenvalue weighted by atomic mass is 10.2. The van der Waals surface area contributed by atoms with Gasteiger partial charge in [-0.1, -0.05) is 36.4 Å². The molecule has 3 rings (SSSR count). The van der Waals surface area contributed by atoms with Gasteiger partial charge in [-0.25, -0.2) is 14.4 Å². The molecule has 0 bridgehead atoms. The minimum Gasteiger partial charge on any atom is -0.478 e. The van der Waals surface area contributed by atoms with Crippen LogP contribution in [0.2, 0.25) is 0 Å². The fourth-order valence-corrected chi connectivity index (χ4v) is 2.27. The van der Waals surface area contributed by atoms with Crippen LogP contribution in [0, 0.1) is 0 Å². The van der Waals surface area contributed by atoms with Crippen LogP contribution in [0.3, 0.4) is 0 Å². The standard InChI is InChI=1S/C21H15NO7/c23-19(24)14-11-12-17(22-20(25)27-15-7-3-1-4-8-15)18(13-14)29-21(26)28-16-9-5-2-6-10-16/h1-13H,(H,22,25)(H,23,24). The Morgan fingerprint density at radius 1 is 0.724 bits per heavy atom. The molecule has 0 spiro atoms. The van der Waals surface area contributed by atoms with Crippen molar-refractivity contribution >= 4 is 23.9 Å². The number of hydrogen-bond donors (Lipinski definition) is 2. The van der Waals surface area contributed by atoms with Crippen molar-refractivity contribution in [3.63, 3.8) is 0 Å². The van der Waals surface area contributed by atoms with E-state index in [2.05, 4.69) is 5.32 Å². The van der Waals surface area contributed by atoms with E-state index in [9.17, 15) is 14.4 Å². The first-order valence-electron chi connectivity index (χ1n) is 8.37. The van der Waals surface area contributed by atoms with Crippen molar-refractivity contribution in [2.75, 3.05) is 5.32 Å². The number of ether oxygens (including phenoxy) is 3. The molecule has 0 radical (unpaired) electrons. The summed E-state index contributed by atoms with van der Waals surface area (Å²) in [7, 11) is 0. The Morgan fingerprint density at radius 2 is 1.31 bits per heavy atom. The molecule has 0 atom stereocenters. The molecule has 3 aromatic rings. The molecule has 0 fully saturated rings. The molecule has 0 saturated carbocycles. The Kier molecular flexibility index (Phi) is 6.06. The van der Waals surface area contributed by atoms with E-state index >= 15 is 0 Å². The third kappa shape index (κ3) is 5.57. The first-order valence-corrected chi connectivity index (χ1v) is 8.37. The molecule has 0 saturated heterocycles. The second-order valence-corrected chi connectivity index (χ2v) is 5.61. The summed E-state index contributed by atoms with van der Waals surface area (Å²) in [5.74, 6) is -0.900. The number of carboxylic acids is 1. The van der Waals surface area contributed by atoms with E-state index in [-0.39, 0.29) is 22.7 Å². The Hall–Kier alpha value is -4.33. The zero-order valence-corrected chi connectivity index (χ0v) is 14.9. The normalized spacial score (nSPS) is 9.93. The Morgan fingerprint density at radius 3 is 1.90 bits per heavy atom. The molecule has 0 heterocycles. The average Bonchev–Trinajstić information content (AvgIpc) is 2.70. The number of carbonyl (C=O) groups excluding carboxylic acids is 2. The van der Waals surface area contributed by atoms with E-state index in [1.54, 1.807) is 60.7 Å². The van der Waals surface area contributed by atoms with Crippen LogP contribution in [0.25, 0.3) is 0 Å². The lowest BCUT2D eigenvalue weighted by Crippen LogP contribution is -2.19. The Bertz CT molecular complexity index is 1020. The van der Waals surface area contributed by atoms with Gasteiger partial charge in [0.15, 0.2) is 5.75 Å². The van der Waals surface area contributed by atoms with Gasteiger partial charge in [0.05, 0.1) is 11.3 Å². The van der Waals surface area contributed by atoms with Crippen LogP contribution in [0.4, 0.5) is 15.3 Å². The third-order valence-corrected chi connectivity index (χ3v) is 3.56. The number of rotatable bonds is 5. The number of benzene rings is 3. The first kappa shape index (κ1) is 19.4. The SMILES string of the molecule is O=C(Nc1ccc(C(=O)O)cc1OC(=O)Oc1ccccc1)Oc1ccccc1. The summed E-state index contributed by atoms with van der Waals surface area (Å²) in [6.07, 6.45) is -1.95. The van der Waals surface area contributed by atoms with Gasteiger partial charge >= 0.3 is 18.2 Å². The summed E-state index contributed by atoms with van der Waals surface area (Å²) in [5, 5.41) is 11.6. The van der Waals surface area contributed by atoms with Gasteiger partial charge in [0.2, 0.25) is 0 Å². The maximum Gasteiger partial charge on any atom is 0.519 e. The third-order valence-electron chi connectivity index (χ3n) is 3.56. The summed E-state index contributed by atoms with van der Waals surface area (Å²) >= 11 is 0. The van der Waals surface area contributed by atoms with E-state index in [4.69, 9.17) is 19.3 Å². The number of carbonyl (C=O) groups is 3. The predicted octanol–water partition coefficient (Wildman–Crippen LogP) is 4.57. The zero-order valence-electron chi connectivity index (χ0n) is 14.9. The largest absolute Gasteiger partial charge is 0.519 e. The molecule has 8 heteroatoms. The maximum atomic E-state index is 12.1. The Balaban J connectivity index is 1.76. The summed E-state index contributed by atoms with van der Waals surface area (Å²) < 4.78 is 15.2. The van der Waals surface area contributed by atoms with Gasteiger partial charge in [0, 0.05) is 0 Å². The number of anilines is 1. The van der Waals surface area contributed by atoms with Crippen molar-refractivity contribution in [1.29, 1.82) is 0 Å². The van der Waals surface area contributed by atoms with Gasteiger partial charge in [-0.3, -0.25) is 5.32 Å². The van der Waals surface area contributed by atoms with Gasteiger partial charge in [0.1, 0.15) is 11.5 Å². The van der Waals surface area contributed by atoms with Crippen LogP contribution in [-0.4, -0.2) is 23.3 Å². The van der Waals surface area contributed by atoms with E-state index in [0.717, 1.165) is 6.07 Å². The van der Waals surface area contributed by atoms with E-state index < -0.39 is 18.2 Å². The van der Waals surface area contributed by atoms with E-state index in [1.165, 1.54) is 12.1 Å². The van der Waals surface area contributed by atoms with Gasteiger partial charge in [-0.2, -0.15) is 0 Å². The summed E-state index contributed by atoms with van der Waals surface area (Å²) in [6, 6.07) is 20.1. The second kappa shape index (κ2) is 9.05. The quantitative estimate of drug-likeness (QED) is 0.482. The number of aromatic carboxylic acids is 1. The fourth-order valence-electron chi connectivity index (χ4n) is 2.27. The highest BCUT2D eigenvalue weighted by Crippen LogP contribution is 2.27. The van der Waals surface area contributed by atoms with Gasteiger partial charge in [-0.15, -0.1) is 0 Å². The summed E-state index contributed by atoms with van der Waals surface area (Å²) in [4.78, 5) is 35.4. The molecular weight excluding hydrogens is 378 g/mol. The molecule has 0 aromatic heterocycles. The molecule has 0 aliphatic rings. The van der Waals surface area contributed by atoms with Gasteiger partial charge < -0.3 is 19.3 Å². The van der Waals surface area contributed by atoms with Crippen LogP contribution in [0.5, 0.6) is 17.2 Å². The minimum absolute atomic E-state index is 0.0287. The molecule has 1 amide bonds. The van der Waals surface area contributed by atoms with Crippen molar-refractivity contribution < 1.29 is 33.7 Å². The zero-order chi connectivity index (χ0) is 20.6. The molecule has 8 nitrogen and oxygen atoms in total. The number of hydrogen-bond acceptors (Lipinski definition) is 6. The summed E-state index contributed by atoms with van der Waals surface area (Å²) in [5.41, 5.74) is -0.115. The lowest BCUT2D eigenvalue weighted by molar-refractivity contribution is 0.0696. The molecule has 146 valence electrons. The fraction of sp³-hybridized carbons (Fsp3) is 0. The highest BCUT2D eigenvalue weighted by molar-refractivity contribution is 5.93. The van der Waals surface area contributed by atoms with Crippen LogP contribution in [0.15, 0.2) is 78.9 Å². The molecule has 0 aliphatic carbocycles. The molecule has 2 N–H and O–H groups in total. The second-order valence-electron chi connectivity index (χ2n) is 5.61. The van der Waals surface area contributed by atoms with Crippen molar-refractivity contribution in [3.8, 4) is 17.2 Å². The molecule has 29 heavy (non-hydrogen) atoms. The number of carboxylic acid groups (broad SMARTS) is 1. The lowest BCUT2D eigenvalue weighted by Gasteiger charge is -2.12. The number of amides is 1. The first-order chi connectivity index (χ1) is 14.0. The maximum absolute atomic E-state index is 12.1. The highest BCUT2D eigenvalue weighted by atomic mass is 16.7. The van der Waals surface area contributed by atoms with Gasteiger partial charge in [0.25, 0.3) is 0 Å². The van der Waals surface area contributed by atoms with Crippen molar-refractivity contribution in [3.05, 3.63) is 84.4 Å². The van der Waals surface area contributed by atoms with Gasteiger partial charge in [-0.05, 0) is 42.5 Å². The monoisotopic (exact) mass is 393 g/mol. The van der Waals surface area contributed by atoms with Crippen LogP contribution in [0.1, 0.15) is 10.4 Å². The molecule has 0 aliphatic heterocycles. The van der Waals surface area contributed by atoms with E-state index in [0.29, 0.717) is 5.75 Å². The minimum atomic E-state index is -1.23.